The fourth-order valence-corrected chi connectivity index (χ4v) is 7.13. The molecule has 2 saturated carbocycles. The van der Waals surface area contributed by atoms with E-state index < -0.39 is 10.0 Å². The van der Waals surface area contributed by atoms with Gasteiger partial charge >= 0.3 is 0 Å². The number of anilines is 1. The van der Waals surface area contributed by atoms with Crippen molar-refractivity contribution in [3.05, 3.63) is 18.3 Å². The summed E-state index contributed by atoms with van der Waals surface area (Å²) in [5.74, 6) is 1.81. The molecular weight excluding hydrogens is 374 g/mol. The number of nitrogens with zero attached hydrogens (tertiary/aromatic N) is 2. The van der Waals surface area contributed by atoms with E-state index in [4.69, 9.17) is 4.74 Å². The summed E-state index contributed by atoms with van der Waals surface area (Å²) < 4.78 is 33.3. The third kappa shape index (κ3) is 3.25. The Hall–Kier alpha value is -1.18. The molecule has 2 aliphatic heterocycles. The lowest BCUT2D eigenvalue weighted by Crippen LogP contribution is -2.48. The van der Waals surface area contributed by atoms with Crippen molar-refractivity contribution in [3.8, 4) is 0 Å². The van der Waals surface area contributed by atoms with Crippen molar-refractivity contribution in [3.63, 3.8) is 0 Å². The van der Waals surface area contributed by atoms with Gasteiger partial charge in [-0.1, -0.05) is 6.42 Å². The minimum atomic E-state index is -3.48. The molecule has 5 rings (SSSR count). The van der Waals surface area contributed by atoms with Crippen LogP contribution in [0.1, 0.15) is 51.9 Å². The van der Waals surface area contributed by atoms with Gasteiger partial charge in [-0.25, -0.2) is 13.4 Å². The van der Waals surface area contributed by atoms with Crippen LogP contribution in [0.15, 0.2) is 23.2 Å². The van der Waals surface area contributed by atoms with Gasteiger partial charge in [-0.2, -0.15) is 4.31 Å². The third-order valence-electron chi connectivity index (χ3n) is 7.71. The number of hydrogen-bond acceptors (Lipinski definition) is 5. The molecule has 0 amide bonds. The van der Waals surface area contributed by atoms with Crippen LogP contribution in [-0.4, -0.2) is 49.5 Å². The van der Waals surface area contributed by atoms with Gasteiger partial charge in [0.05, 0.1) is 6.10 Å². The molecule has 28 heavy (non-hydrogen) atoms. The van der Waals surface area contributed by atoms with E-state index in [1.807, 2.05) is 6.07 Å². The van der Waals surface area contributed by atoms with Crippen LogP contribution in [-0.2, 0) is 14.8 Å². The minimum Gasteiger partial charge on any atom is -0.378 e. The van der Waals surface area contributed by atoms with Gasteiger partial charge in [0.25, 0.3) is 0 Å². The highest BCUT2D eigenvalue weighted by Gasteiger charge is 2.49. The first-order valence-electron chi connectivity index (χ1n) is 10.8. The largest absolute Gasteiger partial charge is 0.378 e. The fourth-order valence-electron chi connectivity index (χ4n) is 5.67. The van der Waals surface area contributed by atoms with Crippen molar-refractivity contribution in [1.82, 2.24) is 9.29 Å². The van der Waals surface area contributed by atoms with Gasteiger partial charge in [-0.3, -0.25) is 0 Å². The van der Waals surface area contributed by atoms with Crippen LogP contribution >= 0.6 is 0 Å². The molecule has 2 aliphatic carbocycles. The second-order valence-corrected chi connectivity index (χ2v) is 11.4. The Kier molecular flexibility index (Phi) is 4.68. The van der Waals surface area contributed by atoms with Crippen molar-refractivity contribution >= 4 is 15.8 Å². The third-order valence-corrected chi connectivity index (χ3v) is 9.56. The predicted molar refractivity (Wildman–Crippen MR) is 108 cm³/mol. The zero-order valence-corrected chi connectivity index (χ0v) is 17.5. The highest BCUT2D eigenvalue weighted by molar-refractivity contribution is 7.89. The number of nitrogens with one attached hydrogen (secondary N) is 1. The van der Waals surface area contributed by atoms with E-state index in [0.717, 1.165) is 25.3 Å². The van der Waals surface area contributed by atoms with Gasteiger partial charge in [0.15, 0.2) is 0 Å². The van der Waals surface area contributed by atoms with E-state index in [1.165, 1.54) is 38.3 Å². The van der Waals surface area contributed by atoms with Crippen LogP contribution in [0, 0.1) is 17.3 Å². The SMILES string of the molecule is CC(Nc1ccc(S(=O)(=O)N2CC[C@@H]3OCC[C@@H]3C2)cn1)C1CC2(CCC2)C1. The normalized spacial score (nSPS) is 31.0. The van der Waals surface area contributed by atoms with Gasteiger partial charge in [-0.05, 0) is 68.9 Å². The maximum atomic E-state index is 13.0. The summed E-state index contributed by atoms with van der Waals surface area (Å²) in [6, 6.07) is 3.89. The quantitative estimate of drug-likeness (QED) is 0.814. The summed E-state index contributed by atoms with van der Waals surface area (Å²) in [6.07, 6.45) is 10.4. The molecule has 3 heterocycles. The monoisotopic (exact) mass is 405 g/mol. The van der Waals surface area contributed by atoms with E-state index in [0.29, 0.717) is 41.3 Å². The standard InChI is InChI=1S/C21H31N3O3S/c1-15(17-11-21(12-17)7-2-8-21)23-20-4-3-18(13-22-20)28(25,26)24-9-5-19-16(14-24)6-10-27-19/h3-4,13,15-17,19H,2,5-12,14H2,1H3,(H,22,23)/t15?,16-,19+/m1/s1. The van der Waals surface area contributed by atoms with E-state index in [-0.39, 0.29) is 6.10 Å². The number of piperidine rings is 1. The molecule has 154 valence electrons. The summed E-state index contributed by atoms with van der Waals surface area (Å²) in [5.41, 5.74) is 0.670. The number of pyridine rings is 1. The molecule has 4 aliphatic rings. The van der Waals surface area contributed by atoms with Crippen LogP contribution in [0.2, 0.25) is 0 Å². The average Bonchev–Trinajstić information content (AvgIpc) is 3.07. The Morgan fingerprint density at radius 1 is 1.29 bits per heavy atom. The Balaban J connectivity index is 1.20. The molecule has 2 saturated heterocycles. The second kappa shape index (κ2) is 6.96. The van der Waals surface area contributed by atoms with Crippen LogP contribution < -0.4 is 5.32 Å². The molecule has 1 unspecified atom stereocenters. The number of ether oxygens (including phenoxy) is 1. The number of sulfonamides is 1. The van der Waals surface area contributed by atoms with Crippen molar-refractivity contribution in [2.75, 3.05) is 25.0 Å². The smallest absolute Gasteiger partial charge is 0.244 e. The van der Waals surface area contributed by atoms with E-state index >= 15 is 0 Å². The molecule has 1 aromatic heterocycles. The summed E-state index contributed by atoms with van der Waals surface area (Å²) in [5, 5.41) is 3.48. The number of aromatic nitrogens is 1. The summed E-state index contributed by atoms with van der Waals surface area (Å²) in [6.45, 7) is 4.07. The molecule has 3 atom stereocenters. The molecule has 1 N–H and O–H groups in total. The summed E-state index contributed by atoms with van der Waals surface area (Å²) >= 11 is 0. The first-order chi connectivity index (χ1) is 13.5. The second-order valence-electron chi connectivity index (χ2n) is 9.44. The Labute approximate surface area is 168 Å². The van der Waals surface area contributed by atoms with Crippen molar-refractivity contribution in [1.29, 1.82) is 0 Å². The number of hydrogen-bond donors (Lipinski definition) is 1. The van der Waals surface area contributed by atoms with Crippen LogP contribution in [0.4, 0.5) is 5.82 Å². The van der Waals surface area contributed by atoms with Gasteiger partial charge in [-0.15, -0.1) is 0 Å². The average molecular weight is 406 g/mol. The predicted octanol–water partition coefficient (Wildman–Crippen LogP) is 3.26. The van der Waals surface area contributed by atoms with Gasteiger partial charge in [0.1, 0.15) is 10.7 Å². The maximum absolute atomic E-state index is 13.0. The van der Waals surface area contributed by atoms with E-state index in [2.05, 4.69) is 17.2 Å². The lowest BCUT2D eigenvalue weighted by atomic mass is 9.50. The molecule has 0 bridgehead atoms. The zero-order valence-electron chi connectivity index (χ0n) is 16.6. The first-order valence-corrected chi connectivity index (χ1v) is 12.2. The van der Waals surface area contributed by atoms with Crippen molar-refractivity contribution in [2.24, 2.45) is 17.3 Å². The Morgan fingerprint density at radius 2 is 2.11 bits per heavy atom. The molecular formula is C21H31N3O3S. The molecule has 4 fully saturated rings. The minimum absolute atomic E-state index is 0.239. The Bertz CT molecular complexity index is 814. The molecule has 0 radical (unpaired) electrons. The van der Waals surface area contributed by atoms with Crippen molar-refractivity contribution < 1.29 is 13.2 Å². The fraction of sp³-hybridized carbons (Fsp3) is 0.762. The van der Waals surface area contributed by atoms with E-state index in [1.54, 1.807) is 10.4 Å². The number of rotatable bonds is 5. The molecule has 0 aromatic carbocycles. The van der Waals surface area contributed by atoms with Gasteiger partial charge in [0.2, 0.25) is 10.0 Å². The lowest BCUT2D eigenvalue weighted by molar-refractivity contribution is -0.0299. The van der Waals surface area contributed by atoms with Crippen LogP contribution in [0.5, 0.6) is 0 Å². The topological polar surface area (TPSA) is 71.5 Å². The van der Waals surface area contributed by atoms with Crippen molar-refractivity contribution in [2.45, 2.75) is 68.9 Å². The van der Waals surface area contributed by atoms with Crippen LogP contribution in [0.3, 0.4) is 0 Å². The molecule has 1 aromatic rings. The summed E-state index contributed by atoms with van der Waals surface area (Å²) in [4.78, 5) is 4.71. The zero-order chi connectivity index (χ0) is 19.4. The highest BCUT2D eigenvalue weighted by atomic mass is 32.2. The van der Waals surface area contributed by atoms with E-state index in [9.17, 15) is 8.42 Å². The molecule has 7 heteroatoms. The number of fused-ring (bicyclic) bond motifs is 1. The van der Waals surface area contributed by atoms with Gasteiger partial charge < -0.3 is 10.1 Å². The summed E-state index contributed by atoms with van der Waals surface area (Å²) in [7, 11) is -3.48. The Morgan fingerprint density at radius 3 is 2.79 bits per heavy atom. The molecule has 6 nitrogen and oxygen atoms in total. The maximum Gasteiger partial charge on any atom is 0.244 e. The van der Waals surface area contributed by atoms with Gasteiger partial charge in [0, 0.05) is 37.9 Å². The highest BCUT2D eigenvalue weighted by Crippen LogP contribution is 2.59. The lowest BCUT2D eigenvalue weighted by Gasteiger charge is -2.56. The molecule has 1 spiro atoms. The van der Waals surface area contributed by atoms with Crippen LogP contribution in [0.25, 0.3) is 0 Å². The first kappa shape index (κ1) is 18.8.